The van der Waals surface area contributed by atoms with Gasteiger partial charge in [0.25, 0.3) is 0 Å². The lowest BCUT2D eigenvalue weighted by Gasteiger charge is -2.36. The molecule has 0 saturated carbocycles. The summed E-state index contributed by atoms with van der Waals surface area (Å²) >= 11 is 0. The van der Waals surface area contributed by atoms with Gasteiger partial charge >= 0.3 is 0 Å². The lowest BCUT2D eigenvalue weighted by atomic mass is 10.1. The van der Waals surface area contributed by atoms with Gasteiger partial charge in [-0.1, -0.05) is 30.3 Å². The van der Waals surface area contributed by atoms with Gasteiger partial charge in [0.2, 0.25) is 0 Å². The van der Waals surface area contributed by atoms with E-state index in [4.69, 9.17) is 9.47 Å². The molecule has 1 saturated heterocycles. The van der Waals surface area contributed by atoms with Crippen molar-refractivity contribution in [1.82, 2.24) is 5.32 Å². The third-order valence-corrected chi connectivity index (χ3v) is 3.49. The van der Waals surface area contributed by atoms with Crippen molar-refractivity contribution in [2.45, 2.75) is 51.5 Å². The fourth-order valence-electron chi connectivity index (χ4n) is 2.30. The quantitative estimate of drug-likeness (QED) is 0.886. The Bertz CT molecular complexity index is 368. The largest absolute Gasteiger partial charge is 0.349 e. The zero-order chi connectivity index (χ0) is 13.7. The molecule has 19 heavy (non-hydrogen) atoms. The fraction of sp³-hybridized carbons (Fsp3) is 0.625. The van der Waals surface area contributed by atoms with Crippen molar-refractivity contribution in [2.24, 2.45) is 0 Å². The Hall–Kier alpha value is -0.900. The van der Waals surface area contributed by atoms with Gasteiger partial charge in [-0.15, -0.1) is 0 Å². The maximum absolute atomic E-state index is 5.66. The summed E-state index contributed by atoms with van der Waals surface area (Å²) in [6.45, 7) is 7.60. The first-order valence-electron chi connectivity index (χ1n) is 7.13. The summed E-state index contributed by atoms with van der Waals surface area (Å²) in [5.74, 6) is -0.425. The molecule has 1 aliphatic heterocycles. The van der Waals surface area contributed by atoms with E-state index >= 15 is 0 Å². The third kappa shape index (κ3) is 4.94. The summed E-state index contributed by atoms with van der Waals surface area (Å²) in [7, 11) is 0. The third-order valence-electron chi connectivity index (χ3n) is 3.49. The second-order valence-electron chi connectivity index (χ2n) is 5.81. The predicted octanol–water partition coefficient (Wildman–Crippen LogP) is 2.75. The monoisotopic (exact) mass is 263 g/mol. The van der Waals surface area contributed by atoms with Gasteiger partial charge in [0.1, 0.15) is 0 Å². The van der Waals surface area contributed by atoms with Gasteiger partial charge in [-0.2, -0.15) is 0 Å². The van der Waals surface area contributed by atoms with Crippen LogP contribution >= 0.6 is 0 Å². The number of ether oxygens (including phenoxy) is 2. The number of benzene rings is 1. The highest BCUT2D eigenvalue weighted by atomic mass is 16.7. The second kappa shape index (κ2) is 6.51. The van der Waals surface area contributed by atoms with Gasteiger partial charge in [0.05, 0.1) is 19.3 Å². The van der Waals surface area contributed by atoms with Crippen molar-refractivity contribution in [1.29, 1.82) is 0 Å². The van der Waals surface area contributed by atoms with E-state index in [9.17, 15) is 0 Å². The van der Waals surface area contributed by atoms with E-state index in [0.717, 1.165) is 26.1 Å². The minimum absolute atomic E-state index is 0.304. The minimum Gasteiger partial charge on any atom is -0.349 e. The summed E-state index contributed by atoms with van der Waals surface area (Å²) in [5, 5.41) is 3.58. The van der Waals surface area contributed by atoms with Crippen LogP contribution in [0.3, 0.4) is 0 Å². The summed E-state index contributed by atoms with van der Waals surface area (Å²) in [4.78, 5) is 0. The van der Waals surface area contributed by atoms with E-state index in [1.807, 2.05) is 13.8 Å². The van der Waals surface area contributed by atoms with Gasteiger partial charge in [-0.3, -0.25) is 0 Å². The normalized spacial score (nSPS) is 21.2. The lowest BCUT2D eigenvalue weighted by Crippen LogP contribution is -2.50. The fourth-order valence-corrected chi connectivity index (χ4v) is 2.30. The SMILES string of the molecule is CC(CCc1ccccc1)NC1COC(C)(C)OC1. The van der Waals surface area contributed by atoms with E-state index in [-0.39, 0.29) is 0 Å². The molecule has 0 amide bonds. The summed E-state index contributed by atoms with van der Waals surface area (Å²) < 4.78 is 11.3. The van der Waals surface area contributed by atoms with Crippen LogP contribution in [0.15, 0.2) is 30.3 Å². The van der Waals surface area contributed by atoms with Crippen molar-refractivity contribution >= 4 is 0 Å². The molecule has 0 bridgehead atoms. The molecule has 0 aromatic heterocycles. The van der Waals surface area contributed by atoms with E-state index in [0.29, 0.717) is 12.1 Å². The van der Waals surface area contributed by atoms with Crippen LogP contribution in [0.2, 0.25) is 0 Å². The van der Waals surface area contributed by atoms with Crippen LogP contribution in [0.25, 0.3) is 0 Å². The molecule has 2 rings (SSSR count). The van der Waals surface area contributed by atoms with E-state index < -0.39 is 5.79 Å². The maximum atomic E-state index is 5.66. The number of nitrogens with one attached hydrogen (secondary N) is 1. The lowest BCUT2D eigenvalue weighted by molar-refractivity contribution is -0.253. The molecule has 1 heterocycles. The predicted molar refractivity (Wildman–Crippen MR) is 77.1 cm³/mol. The molecule has 0 radical (unpaired) electrons. The summed E-state index contributed by atoms with van der Waals surface area (Å²) in [6, 6.07) is 11.4. The topological polar surface area (TPSA) is 30.5 Å². The van der Waals surface area contributed by atoms with Crippen LogP contribution in [-0.4, -0.2) is 31.1 Å². The van der Waals surface area contributed by atoms with Crippen LogP contribution < -0.4 is 5.32 Å². The van der Waals surface area contributed by atoms with Gasteiger partial charge in [0.15, 0.2) is 5.79 Å². The first-order valence-corrected chi connectivity index (χ1v) is 7.13. The molecule has 1 aromatic carbocycles. The Morgan fingerprint density at radius 1 is 1.21 bits per heavy atom. The Labute approximate surface area is 116 Å². The zero-order valence-electron chi connectivity index (χ0n) is 12.2. The Balaban J connectivity index is 1.69. The molecule has 1 unspecified atom stereocenters. The van der Waals surface area contributed by atoms with Crippen molar-refractivity contribution in [2.75, 3.05) is 13.2 Å². The van der Waals surface area contributed by atoms with Crippen molar-refractivity contribution in [3.05, 3.63) is 35.9 Å². The second-order valence-corrected chi connectivity index (χ2v) is 5.81. The number of hydrogen-bond donors (Lipinski definition) is 1. The first-order chi connectivity index (χ1) is 9.05. The van der Waals surface area contributed by atoms with E-state index in [2.05, 4.69) is 42.6 Å². The van der Waals surface area contributed by atoms with E-state index in [1.165, 1.54) is 5.56 Å². The number of aryl methyl sites for hydroxylation is 1. The molecule has 0 aliphatic carbocycles. The smallest absolute Gasteiger partial charge is 0.162 e. The molecule has 1 N–H and O–H groups in total. The molecule has 1 aromatic rings. The molecule has 3 nitrogen and oxygen atoms in total. The van der Waals surface area contributed by atoms with Crippen molar-refractivity contribution < 1.29 is 9.47 Å². The number of rotatable bonds is 5. The highest BCUT2D eigenvalue weighted by molar-refractivity contribution is 5.14. The molecule has 1 atom stereocenters. The van der Waals surface area contributed by atoms with Crippen LogP contribution in [0.5, 0.6) is 0 Å². The van der Waals surface area contributed by atoms with Crippen LogP contribution in [0.1, 0.15) is 32.8 Å². The average molecular weight is 263 g/mol. The maximum Gasteiger partial charge on any atom is 0.162 e. The molecular weight excluding hydrogens is 238 g/mol. The summed E-state index contributed by atoms with van der Waals surface area (Å²) in [6.07, 6.45) is 2.23. The van der Waals surface area contributed by atoms with Crippen LogP contribution in [-0.2, 0) is 15.9 Å². The van der Waals surface area contributed by atoms with Gasteiger partial charge < -0.3 is 14.8 Å². The highest BCUT2D eigenvalue weighted by Gasteiger charge is 2.28. The number of hydrogen-bond acceptors (Lipinski definition) is 3. The molecule has 1 fully saturated rings. The van der Waals surface area contributed by atoms with Gasteiger partial charge in [0, 0.05) is 6.04 Å². The molecular formula is C16H25NO2. The zero-order valence-corrected chi connectivity index (χ0v) is 12.2. The Kier molecular flexibility index (Phi) is 4.97. The van der Waals surface area contributed by atoms with Crippen LogP contribution in [0.4, 0.5) is 0 Å². The summed E-state index contributed by atoms with van der Waals surface area (Å²) in [5.41, 5.74) is 1.40. The Morgan fingerprint density at radius 2 is 1.84 bits per heavy atom. The minimum atomic E-state index is -0.425. The first kappa shape index (κ1) is 14.5. The van der Waals surface area contributed by atoms with Gasteiger partial charge in [-0.05, 0) is 39.2 Å². The molecule has 1 aliphatic rings. The molecule has 0 spiro atoms. The molecule has 3 heteroatoms. The van der Waals surface area contributed by atoms with Crippen molar-refractivity contribution in [3.8, 4) is 0 Å². The standard InChI is InChI=1S/C16H25NO2/c1-13(9-10-14-7-5-4-6-8-14)17-15-11-18-16(2,3)19-12-15/h4-8,13,15,17H,9-12H2,1-3H3. The Morgan fingerprint density at radius 3 is 2.47 bits per heavy atom. The average Bonchev–Trinajstić information content (AvgIpc) is 2.40. The van der Waals surface area contributed by atoms with Gasteiger partial charge in [-0.25, -0.2) is 0 Å². The van der Waals surface area contributed by atoms with Crippen LogP contribution in [0, 0.1) is 0 Å². The van der Waals surface area contributed by atoms with E-state index in [1.54, 1.807) is 0 Å². The highest BCUT2D eigenvalue weighted by Crippen LogP contribution is 2.17. The van der Waals surface area contributed by atoms with Crippen molar-refractivity contribution in [3.63, 3.8) is 0 Å². The molecule has 106 valence electrons.